The van der Waals surface area contributed by atoms with E-state index in [0.717, 1.165) is 0 Å². The molecule has 7 heteroatoms. The summed E-state index contributed by atoms with van der Waals surface area (Å²) in [6.45, 7) is 4.74. The molecule has 0 saturated heterocycles. The normalized spacial score (nSPS) is 11.2. The minimum Gasteiger partial charge on any atom is -0.494 e. The van der Waals surface area contributed by atoms with Crippen LogP contribution in [0.25, 0.3) is 10.9 Å². The second-order valence-electron chi connectivity index (χ2n) is 6.11. The maximum Gasteiger partial charge on any atom is 0.344 e. The molecule has 1 heterocycles. The Balaban J connectivity index is 2.23. The Hall–Kier alpha value is -2.83. The van der Waals surface area contributed by atoms with Gasteiger partial charge in [-0.25, -0.2) is 14.6 Å². The first kappa shape index (κ1) is 17.5. The van der Waals surface area contributed by atoms with Crippen LogP contribution in [0.3, 0.4) is 0 Å². The molecule has 0 saturated carbocycles. The summed E-state index contributed by atoms with van der Waals surface area (Å²) in [7, 11) is 1.50. The zero-order valence-electron chi connectivity index (χ0n) is 14.1. The van der Waals surface area contributed by atoms with Gasteiger partial charge in [-0.05, 0) is 45.0 Å². The molecule has 0 spiro atoms. The number of rotatable bonds is 4. The van der Waals surface area contributed by atoms with Gasteiger partial charge in [-0.3, -0.25) is 0 Å². The number of methoxy groups -OCH3 is 1. The highest BCUT2D eigenvalue weighted by molar-refractivity contribution is 6.05. The van der Waals surface area contributed by atoms with Crippen LogP contribution in [0.2, 0.25) is 0 Å². The van der Waals surface area contributed by atoms with E-state index in [2.05, 4.69) is 4.98 Å². The summed E-state index contributed by atoms with van der Waals surface area (Å²) in [6, 6.07) is 6.38. The van der Waals surface area contributed by atoms with Crippen molar-refractivity contribution in [3.05, 3.63) is 29.8 Å². The predicted octanol–water partition coefficient (Wildman–Crippen LogP) is 2.32. The molecule has 0 fully saturated rings. The number of nitrogen functional groups attached to an aromatic ring is 1. The molecule has 2 N–H and O–H groups in total. The molecular weight excluding hydrogens is 312 g/mol. The zero-order valence-corrected chi connectivity index (χ0v) is 14.1. The lowest BCUT2D eigenvalue weighted by Gasteiger charge is -2.19. The highest BCUT2D eigenvalue weighted by Crippen LogP contribution is 2.28. The molecule has 1 aromatic heterocycles. The molecule has 0 bridgehead atoms. The number of benzene rings is 1. The fraction of sp³-hybridized carbons (Fsp3) is 0.353. The van der Waals surface area contributed by atoms with Gasteiger partial charge in [0.1, 0.15) is 22.7 Å². The van der Waals surface area contributed by atoms with Gasteiger partial charge in [0.05, 0.1) is 12.7 Å². The third-order valence-corrected chi connectivity index (χ3v) is 3.02. The lowest BCUT2D eigenvalue weighted by Crippen LogP contribution is -2.27. The SMILES string of the molecule is COc1ccc(C(=O)OCC(=O)OC(C)(C)C)c2ccc(N)nc12. The van der Waals surface area contributed by atoms with Crippen molar-refractivity contribution in [1.82, 2.24) is 4.98 Å². The van der Waals surface area contributed by atoms with Crippen LogP contribution >= 0.6 is 0 Å². The molecule has 2 aromatic rings. The van der Waals surface area contributed by atoms with Crippen molar-refractivity contribution in [3.8, 4) is 5.75 Å². The maximum absolute atomic E-state index is 12.3. The predicted molar refractivity (Wildman–Crippen MR) is 88.8 cm³/mol. The molecule has 24 heavy (non-hydrogen) atoms. The van der Waals surface area contributed by atoms with E-state index in [1.807, 2.05) is 0 Å². The zero-order chi connectivity index (χ0) is 17.9. The summed E-state index contributed by atoms with van der Waals surface area (Å²) in [4.78, 5) is 28.1. The van der Waals surface area contributed by atoms with Crippen molar-refractivity contribution in [3.63, 3.8) is 0 Å². The van der Waals surface area contributed by atoms with E-state index in [4.69, 9.17) is 19.9 Å². The molecule has 0 amide bonds. The van der Waals surface area contributed by atoms with Crippen LogP contribution < -0.4 is 10.5 Å². The summed E-state index contributed by atoms with van der Waals surface area (Å²) in [5.74, 6) is -0.475. The number of esters is 2. The van der Waals surface area contributed by atoms with Crippen molar-refractivity contribution in [2.75, 3.05) is 19.5 Å². The van der Waals surface area contributed by atoms with Gasteiger partial charge in [0.25, 0.3) is 0 Å². The topological polar surface area (TPSA) is 101 Å². The minimum atomic E-state index is -0.653. The van der Waals surface area contributed by atoms with Crippen molar-refractivity contribution >= 4 is 28.7 Å². The molecule has 2 rings (SSSR count). The van der Waals surface area contributed by atoms with Gasteiger partial charge in [-0.2, -0.15) is 0 Å². The van der Waals surface area contributed by atoms with Crippen LogP contribution in [0.5, 0.6) is 5.75 Å². The van der Waals surface area contributed by atoms with Crippen LogP contribution in [-0.2, 0) is 14.3 Å². The Labute approximate surface area is 139 Å². The van der Waals surface area contributed by atoms with Crippen molar-refractivity contribution in [2.45, 2.75) is 26.4 Å². The molecular formula is C17H20N2O5. The maximum atomic E-state index is 12.3. The summed E-state index contributed by atoms with van der Waals surface area (Å²) < 4.78 is 15.4. The third-order valence-electron chi connectivity index (χ3n) is 3.02. The van der Waals surface area contributed by atoms with Crippen LogP contribution in [0.4, 0.5) is 5.82 Å². The molecule has 0 aliphatic heterocycles. The summed E-state index contributed by atoms with van der Waals surface area (Å²) in [6.07, 6.45) is 0. The van der Waals surface area contributed by atoms with Gasteiger partial charge in [-0.15, -0.1) is 0 Å². The van der Waals surface area contributed by atoms with E-state index >= 15 is 0 Å². The average Bonchev–Trinajstić information content (AvgIpc) is 2.49. The number of anilines is 1. The first-order valence-corrected chi connectivity index (χ1v) is 7.33. The van der Waals surface area contributed by atoms with E-state index < -0.39 is 24.1 Å². The first-order valence-electron chi connectivity index (χ1n) is 7.33. The van der Waals surface area contributed by atoms with E-state index in [0.29, 0.717) is 22.5 Å². The minimum absolute atomic E-state index is 0.266. The first-order chi connectivity index (χ1) is 11.2. The van der Waals surface area contributed by atoms with Crippen LogP contribution in [0.1, 0.15) is 31.1 Å². The Morgan fingerprint density at radius 3 is 2.50 bits per heavy atom. The average molecular weight is 332 g/mol. The lowest BCUT2D eigenvalue weighted by molar-refractivity contribution is -0.158. The molecule has 0 atom stereocenters. The van der Waals surface area contributed by atoms with Gasteiger partial charge in [0.2, 0.25) is 0 Å². The summed E-state index contributed by atoms with van der Waals surface area (Å²) in [5, 5.41) is 0.526. The fourth-order valence-electron chi connectivity index (χ4n) is 2.12. The molecule has 0 aliphatic rings. The van der Waals surface area contributed by atoms with Gasteiger partial charge < -0.3 is 19.9 Å². The number of hydrogen-bond acceptors (Lipinski definition) is 7. The summed E-state index contributed by atoms with van der Waals surface area (Å²) in [5.41, 5.74) is 5.76. The number of carbonyl (C=O) groups excluding carboxylic acids is 2. The molecule has 128 valence electrons. The van der Waals surface area contributed by atoms with Crippen LogP contribution in [0.15, 0.2) is 24.3 Å². The number of pyridine rings is 1. The smallest absolute Gasteiger partial charge is 0.344 e. The third kappa shape index (κ3) is 4.13. The number of fused-ring (bicyclic) bond motifs is 1. The number of aromatic nitrogens is 1. The van der Waals surface area contributed by atoms with Crippen molar-refractivity contribution < 1.29 is 23.8 Å². The largest absolute Gasteiger partial charge is 0.494 e. The second kappa shape index (κ2) is 6.74. The Kier molecular flexibility index (Phi) is 4.92. The molecule has 7 nitrogen and oxygen atoms in total. The van der Waals surface area contributed by atoms with Gasteiger partial charge in [-0.1, -0.05) is 0 Å². The molecule has 0 radical (unpaired) electrons. The monoisotopic (exact) mass is 332 g/mol. The lowest BCUT2D eigenvalue weighted by atomic mass is 10.1. The Morgan fingerprint density at radius 1 is 1.17 bits per heavy atom. The van der Waals surface area contributed by atoms with Crippen LogP contribution in [0, 0.1) is 0 Å². The van der Waals surface area contributed by atoms with Crippen molar-refractivity contribution in [1.29, 1.82) is 0 Å². The number of nitrogens with zero attached hydrogens (tertiary/aromatic N) is 1. The Morgan fingerprint density at radius 2 is 1.88 bits per heavy atom. The van der Waals surface area contributed by atoms with E-state index in [9.17, 15) is 9.59 Å². The van der Waals surface area contributed by atoms with Gasteiger partial charge in [0, 0.05) is 5.39 Å². The molecule has 1 aromatic carbocycles. The number of hydrogen-bond donors (Lipinski definition) is 1. The van der Waals surface area contributed by atoms with Crippen molar-refractivity contribution in [2.24, 2.45) is 0 Å². The fourth-order valence-corrected chi connectivity index (χ4v) is 2.12. The number of ether oxygens (including phenoxy) is 3. The number of nitrogens with two attached hydrogens (primary N) is 1. The highest BCUT2D eigenvalue weighted by Gasteiger charge is 2.20. The van der Waals surface area contributed by atoms with E-state index in [1.165, 1.54) is 7.11 Å². The van der Waals surface area contributed by atoms with E-state index in [1.54, 1.807) is 45.0 Å². The highest BCUT2D eigenvalue weighted by atomic mass is 16.6. The second-order valence-corrected chi connectivity index (χ2v) is 6.11. The summed E-state index contributed by atoms with van der Waals surface area (Å²) >= 11 is 0. The van der Waals surface area contributed by atoms with E-state index in [-0.39, 0.29) is 5.56 Å². The van der Waals surface area contributed by atoms with Crippen LogP contribution in [-0.4, -0.2) is 36.2 Å². The van der Waals surface area contributed by atoms with Gasteiger partial charge in [0.15, 0.2) is 6.61 Å². The number of carbonyl (C=O) groups is 2. The quantitative estimate of drug-likeness (QED) is 0.857. The standard InChI is InChI=1S/C17H20N2O5/c1-17(2,3)24-14(20)9-23-16(21)11-5-7-12(22-4)15-10(11)6-8-13(18)19-15/h5-8H,9H2,1-4H3,(H2,18,19). The van der Waals surface area contributed by atoms with Gasteiger partial charge >= 0.3 is 11.9 Å². The molecule has 0 unspecified atom stereocenters. The Bertz CT molecular complexity index is 780. The molecule has 0 aliphatic carbocycles.